The normalized spacial score (nSPS) is 20.5. The highest BCUT2D eigenvalue weighted by atomic mass is 19.1. The SMILES string of the molecule is Cc1cnc(C2CCCN2C(=O)NC2CCCCC2)n1Cc1ccc(F)cc1. The molecule has 2 fully saturated rings. The molecule has 1 aliphatic carbocycles. The molecule has 1 aromatic carbocycles. The minimum absolute atomic E-state index is 0.00209. The third-order valence-electron chi connectivity index (χ3n) is 6.08. The highest BCUT2D eigenvalue weighted by molar-refractivity contribution is 5.75. The van der Waals surface area contributed by atoms with E-state index in [-0.39, 0.29) is 17.9 Å². The van der Waals surface area contributed by atoms with E-state index in [1.807, 2.05) is 18.0 Å². The molecule has 1 saturated heterocycles. The number of halogens is 1. The minimum atomic E-state index is -0.229. The first kappa shape index (κ1) is 19.0. The molecule has 5 nitrogen and oxygen atoms in total. The lowest BCUT2D eigenvalue weighted by Crippen LogP contribution is -2.45. The van der Waals surface area contributed by atoms with Crippen LogP contribution in [0.3, 0.4) is 0 Å². The van der Waals surface area contributed by atoms with E-state index in [1.165, 1.54) is 31.4 Å². The lowest BCUT2D eigenvalue weighted by atomic mass is 9.96. The Hall–Kier alpha value is -2.37. The van der Waals surface area contributed by atoms with Gasteiger partial charge in [-0.15, -0.1) is 0 Å². The third-order valence-corrected chi connectivity index (χ3v) is 6.08. The highest BCUT2D eigenvalue weighted by Crippen LogP contribution is 2.32. The molecule has 150 valence electrons. The Kier molecular flexibility index (Phi) is 5.64. The minimum Gasteiger partial charge on any atom is -0.335 e. The Morgan fingerprint density at radius 1 is 1.14 bits per heavy atom. The van der Waals surface area contributed by atoms with Crippen LogP contribution >= 0.6 is 0 Å². The maximum absolute atomic E-state index is 13.2. The van der Waals surface area contributed by atoms with Gasteiger partial charge in [-0.05, 0) is 50.3 Å². The van der Waals surface area contributed by atoms with Crippen molar-refractivity contribution in [2.24, 2.45) is 0 Å². The van der Waals surface area contributed by atoms with Gasteiger partial charge in [-0.3, -0.25) is 0 Å². The Bertz CT molecular complexity index is 810. The van der Waals surface area contributed by atoms with Crippen molar-refractivity contribution in [2.75, 3.05) is 6.54 Å². The van der Waals surface area contributed by atoms with Crippen molar-refractivity contribution >= 4 is 6.03 Å². The molecule has 0 radical (unpaired) electrons. The van der Waals surface area contributed by atoms with Gasteiger partial charge in [-0.2, -0.15) is 0 Å². The fourth-order valence-corrected chi connectivity index (χ4v) is 4.51. The molecule has 2 aromatic rings. The number of hydrogen-bond donors (Lipinski definition) is 1. The second-order valence-corrected chi connectivity index (χ2v) is 8.11. The average molecular weight is 384 g/mol. The molecule has 1 aromatic heterocycles. The zero-order valence-corrected chi connectivity index (χ0v) is 16.5. The van der Waals surface area contributed by atoms with E-state index in [0.717, 1.165) is 49.3 Å². The molecule has 2 heterocycles. The number of carbonyl (C=O) groups excluding carboxylic acids is 1. The lowest BCUT2D eigenvalue weighted by molar-refractivity contribution is 0.182. The molecule has 1 N–H and O–H groups in total. The molecule has 2 aliphatic rings. The molecule has 0 bridgehead atoms. The first-order valence-corrected chi connectivity index (χ1v) is 10.5. The van der Waals surface area contributed by atoms with E-state index in [0.29, 0.717) is 12.6 Å². The number of urea groups is 1. The number of aromatic nitrogens is 2. The van der Waals surface area contributed by atoms with Crippen molar-refractivity contribution < 1.29 is 9.18 Å². The average Bonchev–Trinajstić information content (AvgIpc) is 3.32. The van der Waals surface area contributed by atoms with Gasteiger partial charge in [-0.1, -0.05) is 31.4 Å². The summed E-state index contributed by atoms with van der Waals surface area (Å²) in [6, 6.07) is 6.94. The number of amides is 2. The molecule has 0 spiro atoms. The highest BCUT2D eigenvalue weighted by Gasteiger charge is 2.34. The summed E-state index contributed by atoms with van der Waals surface area (Å²) in [5.41, 5.74) is 2.08. The van der Waals surface area contributed by atoms with Crippen LogP contribution in [0.4, 0.5) is 9.18 Å². The molecular weight excluding hydrogens is 355 g/mol. The number of benzene rings is 1. The molecule has 1 unspecified atom stereocenters. The van der Waals surface area contributed by atoms with Gasteiger partial charge in [0.2, 0.25) is 0 Å². The van der Waals surface area contributed by atoms with E-state index < -0.39 is 0 Å². The van der Waals surface area contributed by atoms with E-state index >= 15 is 0 Å². The second kappa shape index (κ2) is 8.33. The molecule has 2 amide bonds. The first-order chi connectivity index (χ1) is 13.6. The van der Waals surface area contributed by atoms with Crippen LogP contribution in [0.15, 0.2) is 30.5 Å². The summed E-state index contributed by atoms with van der Waals surface area (Å²) in [6.07, 6.45) is 9.65. The van der Waals surface area contributed by atoms with E-state index in [4.69, 9.17) is 0 Å². The van der Waals surface area contributed by atoms with Gasteiger partial charge in [0.1, 0.15) is 11.6 Å². The molecule has 4 rings (SSSR count). The lowest BCUT2D eigenvalue weighted by Gasteiger charge is -2.29. The van der Waals surface area contributed by atoms with Crippen LogP contribution in [0.5, 0.6) is 0 Å². The van der Waals surface area contributed by atoms with Crippen LogP contribution in [-0.2, 0) is 6.54 Å². The Balaban J connectivity index is 1.51. The van der Waals surface area contributed by atoms with Crippen molar-refractivity contribution in [1.29, 1.82) is 0 Å². The fraction of sp³-hybridized carbons (Fsp3) is 0.545. The van der Waals surface area contributed by atoms with Crippen molar-refractivity contribution in [3.63, 3.8) is 0 Å². The third kappa shape index (κ3) is 4.05. The molecule has 28 heavy (non-hydrogen) atoms. The van der Waals surface area contributed by atoms with Crippen LogP contribution in [-0.4, -0.2) is 33.1 Å². The van der Waals surface area contributed by atoms with E-state index in [1.54, 1.807) is 12.1 Å². The number of likely N-dealkylation sites (tertiary alicyclic amines) is 1. The van der Waals surface area contributed by atoms with E-state index in [9.17, 15) is 9.18 Å². The Morgan fingerprint density at radius 3 is 2.64 bits per heavy atom. The molecule has 1 atom stereocenters. The number of rotatable bonds is 4. The number of aryl methyl sites for hydroxylation is 1. The maximum Gasteiger partial charge on any atom is 0.318 e. The summed E-state index contributed by atoms with van der Waals surface area (Å²) in [5, 5.41) is 3.25. The number of imidazole rings is 1. The summed E-state index contributed by atoms with van der Waals surface area (Å²) in [7, 11) is 0. The van der Waals surface area contributed by atoms with Gasteiger partial charge in [0.05, 0.1) is 6.04 Å². The summed E-state index contributed by atoms with van der Waals surface area (Å²) in [6.45, 7) is 3.43. The van der Waals surface area contributed by atoms with Crippen LogP contribution in [0, 0.1) is 12.7 Å². The predicted molar refractivity (Wildman–Crippen MR) is 107 cm³/mol. The summed E-state index contributed by atoms with van der Waals surface area (Å²) < 4.78 is 15.4. The molecular formula is C22H29FN4O. The molecule has 1 aliphatic heterocycles. The number of nitrogens with zero attached hydrogens (tertiary/aromatic N) is 3. The number of carbonyl (C=O) groups is 1. The zero-order valence-electron chi connectivity index (χ0n) is 16.5. The fourth-order valence-electron chi connectivity index (χ4n) is 4.51. The Labute approximate surface area is 165 Å². The van der Waals surface area contributed by atoms with Crippen LogP contribution in [0.1, 0.15) is 68.1 Å². The van der Waals surface area contributed by atoms with Crippen LogP contribution in [0.25, 0.3) is 0 Å². The van der Waals surface area contributed by atoms with Crippen molar-refractivity contribution in [3.8, 4) is 0 Å². The van der Waals surface area contributed by atoms with Crippen molar-refractivity contribution in [2.45, 2.75) is 70.5 Å². The second-order valence-electron chi connectivity index (χ2n) is 8.11. The standard InChI is InChI=1S/C22H29FN4O/c1-16-14-24-21(27(16)15-17-9-11-18(23)12-10-17)20-8-5-13-26(20)22(28)25-19-6-3-2-4-7-19/h9-12,14,19-20H,2-8,13,15H2,1H3,(H,25,28). The van der Waals surface area contributed by atoms with Gasteiger partial charge in [-0.25, -0.2) is 14.2 Å². The molecule has 1 saturated carbocycles. The summed E-state index contributed by atoms with van der Waals surface area (Å²) in [4.78, 5) is 19.6. The number of nitrogens with one attached hydrogen (secondary N) is 1. The first-order valence-electron chi connectivity index (χ1n) is 10.5. The van der Waals surface area contributed by atoms with Gasteiger partial charge in [0.15, 0.2) is 0 Å². The van der Waals surface area contributed by atoms with Gasteiger partial charge in [0, 0.05) is 31.0 Å². The van der Waals surface area contributed by atoms with E-state index in [2.05, 4.69) is 14.9 Å². The number of hydrogen-bond acceptors (Lipinski definition) is 2. The smallest absolute Gasteiger partial charge is 0.318 e. The van der Waals surface area contributed by atoms with Crippen molar-refractivity contribution in [3.05, 3.63) is 53.4 Å². The zero-order chi connectivity index (χ0) is 19.5. The Morgan fingerprint density at radius 2 is 1.89 bits per heavy atom. The predicted octanol–water partition coefficient (Wildman–Crippen LogP) is 4.56. The quantitative estimate of drug-likeness (QED) is 0.840. The maximum atomic E-state index is 13.2. The topological polar surface area (TPSA) is 50.2 Å². The van der Waals surface area contributed by atoms with Gasteiger partial charge < -0.3 is 14.8 Å². The van der Waals surface area contributed by atoms with Crippen LogP contribution < -0.4 is 5.32 Å². The van der Waals surface area contributed by atoms with Gasteiger partial charge in [0.25, 0.3) is 0 Å². The van der Waals surface area contributed by atoms with Crippen LogP contribution in [0.2, 0.25) is 0 Å². The molecule has 6 heteroatoms. The van der Waals surface area contributed by atoms with Gasteiger partial charge >= 0.3 is 6.03 Å². The van der Waals surface area contributed by atoms with Crippen molar-refractivity contribution in [1.82, 2.24) is 19.8 Å². The largest absolute Gasteiger partial charge is 0.335 e. The summed E-state index contributed by atoms with van der Waals surface area (Å²) in [5.74, 6) is 0.700. The monoisotopic (exact) mass is 384 g/mol. The summed E-state index contributed by atoms with van der Waals surface area (Å²) >= 11 is 0.